The highest BCUT2D eigenvalue weighted by molar-refractivity contribution is 6.03. The molecule has 0 fully saturated rings. The highest BCUT2D eigenvalue weighted by atomic mass is 19.4. The molecular formula is C30H26F7N3O3. The molecule has 0 aliphatic carbocycles. The molecule has 6 nitrogen and oxygen atoms in total. The largest absolute Gasteiger partial charge is 0.506 e. The molecule has 0 unspecified atom stereocenters. The zero-order valence-electron chi connectivity index (χ0n) is 23.3. The summed E-state index contributed by atoms with van der Waals surface area (Å²) in [6.45, 7) is 3.42. The van der Waals surface area contributed by atoms with Crippen molar-refractivity contribution in [2.24, 2.45) is 0 Å². The van der Waals surface area contributed by atoms with Gasteiger partial charge in [-0.25, -0.2) is 9.37 Å². The highest BCUT2D eigenvalue weighted by Crippen LogP contribution is 2.41. The van der Waals surface area contributed by atoms with Crippen molar-refractivity contribution in [1.29, 1.82) is 0 Å². The Kier molecular flexibility index (Phi) is 8.09. The lowest BCUT2D eigenvalue weighted by Gasteiger charge is -2.32. The Hall–Kier alpha value is -4.39. The maximum atomic E-state index is 14.6. The minimum absolute atomic E-state index is 0.0130. The molecule has 1 amide bonds. The van der Waals surface area contributed by atoms with Gasteiger partial charge in [0.2, 0.25) is 5.91 Å². The van der Waals surface area contributed by atoms with Gasteiger partial charge in [-0.2, -0.15) is 26.3 Å². The number of likely N-dealkylation sites (N-methyl/N-ethyl adjacent to an activating group) is 1. The fourth-order valence-electron chi connectivity index (χ4n) is 4.75. The monoisotopic (exact) mass is 609 g/mol. The molecule has 0 atom stereocenters. The lowest BCUT2D eigenvalue weighted by atomic mass is 9.81. The summed E-state index contributed by atoms with van der Waals surface area (Å²) in [5, 5.41) is 19.7. The number of carbonyl (C=O) groups is 1. The number of hydrogen-bond acceptors (Lipinski definition) is 4. The van der Waals surface area contributed by atoms with E-state index in [0.717, 1.165) is 4.90 Å². The summed E-state index contributed by atoms with van der Waals surface area (Å²) in [6, 6.07) is 7.97. The maximum Gasteiger partial charge on any atom is 0.416 e. The van der Waals surface area contributed by atoms with Crippen LogP contribution in [0.25, 0.3) is 16.9 Å². The van der Waals surface area contributed by atoms with E-state index in [2.05, 4.69) is 4.98 Å². The number of aliphatic hydroxyl groups is 1. The van der Waals surface area contributed by atoms with Gasteiger partial charge in [0.25, 0.3) is 0 Å². The Morgan fingerprint density at radius 1 is 0.930 bits per heavy atom. The lowest BCUT2D eigenvalue weighted by Crippen LogP contribution is -2.42. The summed E-state index contributed by atoms with van der Waals surface area (Å²) in [6.07, 6.45) is -7.71. The van der Waals surface area contributed by atoms with E-state index >= 15 is 0 Å². The van der Waals surface area contributed by atoms with Crippen LogP contribution in [0.3, 0.4) is 0 Å². The molecule has 4 rings (SSSR count). The van der Waals surface area contributed by atoms with Gasteiger partial charge in [-0.3, -0.25) is 9.36 Å². The molecular weight excluding hydrogens is 583 g/mol. The van der Waals surface area contributed by atoms with Gasteiger partial charge in [-0.1, -0.05) is 12.1 Å². The predicted molar refractivity (Wildman–Crippen MR) is 144 cm³/mol. The fourth-order valence-corrected chi connectivity index (χ4v) is 4.75. The number of alkyl halides is 6. The van der Waals surface area contributed by atoms with Crippen LogP contribution in [0.5, 0.6) is 5.75 Å². The molecule has 13 heteroatoms. The quantitative estimate of drug-likeness (QED) is 0.228. The summed E-state index contributed by atoms with van der Waals surface area (Å²) < 4.78 is 97.3. The van der Waals surface area contributed by atoms with Crippen LogP contribution in [-0.2, 0) is 29.2 Å². The van der Waals surface area contributed by atoms with E-state index in [4.69, 9.17) is 0 Å². The van der Waals surface area contributed by atoms with E-state index in [9.17, 15) is 45.7 Å². The van der Waals surface area contributed by atoms with Gasteiger partial charge in [0.1, 0.15) is 17.4 Å². The topological polar surface area (TPSA) is 78.6 Å². The van der Waals surface area contributed by atoms with Crippen LogP contribution in [0, 0.1) is 12.7 Å². The third kappa shape index (κ3) is 6.07. The number of hydrogen-bond donors (Lipinski definition) is 2. The number of benzene rings is 2. The normalized spacial score (nSPS) is 12.5. The second-order valence-corrected chi connectivity index (χ2v) is 10.5. The van der Waals surface area contributed by atoms with Crippen molar-refractivity contribution in [3.63, 3.8) is 0 Å². The number of rotatable bonds is 6. The highest BCUT2D eigenvalue weighted by Gasteiger charge is 2.41. The number of nitrogens with zero attached hydrogens (tertiary/aromatic N) is 3. The summed E-state index contributed by atoms with van der Waals surface area (Å²) >= 11 is 0. The summed E-state index contributed by atoms with van der Waals surface area (Å²) in [7, 11) is 1.28. The van der Waals surface area contributed by atoms with Gasteiger partial charge in [-0.05, 0) is 67.8 Å². The molecule has 0 aliphatic heterocycles. The van der Waals surface area contributed by atoms with E-state index in [-0.39, 0.29) is 40.1 Å². The number of aromatic hydroxyl groups is 1. The first kappa shape index (κ1) is 31.5. The van der Waals surface area contributed by atoms with Crippen LogP contribution in [0.4, 0.5) is 36.4 Å². The van der Waals surface area contributed by atoms with Crippen molar-refractivity contribution in [3.8, 4) is 22.7 Å². The fraction of sp³-hybridized carbons (Fsp3) is 0.267. The number of aromatic nitrogens is 2. The number of halogens is 7. The Morgan fingerprint density at radius 3 is 2.07 bits per heavy atom. The molecule has 2 aromatic carbocycles. The zero-order chi connectivity index (χ0) is 32.1. The van der Waals surface area contributed by atoms with Gasteiger partial charge in [0.15, 0.2) is 0 Å². The molecule has 0 aliphatic rings. The molecule has 2 heterocycles. The molecule has 43 heavy (non-hydrogen) atoms. The molecule has 2 N–H and O–H groups in total. The average Bonchev–Trinajstić information content (AvgIpc) is 3.32. The predicted octanol–water partition coefficient (Wildman–Crippen LogP) is 7.16. The van der Waals surface area contributed by atoms with Crippen LogP contribution in [0.1, 0.15) is 41.8 Å². The number of amides is 1. The van der Waals surface area contributed by atoms with Crippen molar-refractivity contribution in [2.75, 3.05) is 11.9 Å². The van der Waals surface area contributed by atoms with Gasteiger partial charge < -0.3 is 15.1 Å². The standard InChI is InChI=1S/C30H26F7N3O3/c1-16-22(6-5-7-24(16)31)23-12-26(40-14-21(42)11-20(40)15-41)38-13-25(23)39(4)27(43)28(2,3)17-8-18(29(32,33)34)10-19(9-17)30(35,36)37/h5-14,41-42H,15H2,1-4H3. The van der Waals surface area contributed by atoms with E-state index in [1.807, 2.05) is 0 Å². The summed E-state index contributed by atoms with van der Waals surface area (Å²) in [5.74, 6) is -1.46. The summed E-state index contributed by atoms with van der Waals surface area (Å²) in [5.41, 5.74) is -4.46. The van der Waals surface area contributed by atoms with E-state index < -0.39 is 52.8 Å². The minimum atomic E-state index is -5.11. The third-order valence-electron chi connectivity index (χ3n) is 7.23. The molecule has 4 aromatic rings. The Balaban J connectivity index is 1.89. The van der Waals surface area contributed by atoms with Gasteiger partial charge in [0.05, 0.1) is 46.9 Å². The molecule has 228 valence electrons. The first-order chi connectivity index (χ1) is 19.9. The molecule has 2 aromatic heterocycles. The molecule has 0 bridgehead atoms. The van der Waals surface area contributed by atoms with Crippen molar-refractivity contribution in [1.82, 2.24) is 9.55 Å². The van der Waals surface area contributed by atoms with Crippen LogP contribution in [0.15, 0.2) is 60.9 Å². The Morgan fingerprint density at radius 2 is 1.51 bits per heavy atom. The third-order valence-corrected chi connectivity index (χ3v) is 7.23. The second-order valence-electron chi connectivity index (χ2n) is 10.5. The smallest absolute Gasteiger partial charge is 0.416 e. The number of anilines is 1. The molecule has 0 spiro atoms. The zero-order valence-corrected chi connectivity index (χ0v) is 23.3. The lowest BCUT2D eigenvalue weighted by molar-refractivity contribution is -0.143. The van der Waals surface area contributed by atoms with E-state index in [1.54, 1.807) is 6.07 Å². The van der Waals surface area contributed by atoms with Gasteiger partial charge >= 0.3 is 12.4 Å². The van der Waals surface area contributed by atoms with Gasteiger partial charge in [-0.15, -0.1) is 0 Å². The average molecular weight is 610 g/mol. The van der Waals surface area contributed by atoms with Crippen LogP contribution in [0.2, 0.25) is 0 Å². The number of pyridine rings is 1. The summed E-state index contributed by atoms with van der Waals surface area (Å²) in [4.78, 5) is 19.2. The van der Waals surface area contributed by atoms with Crippen molar-refractivity contribution < 1.29 is 45.7 Å². The van der Waals surface area contributed by atoms with Crippen LogP contribution < -0.4 is 4.90 Å². The number of aliphatic hydroxyl groups excluding tert-OH is 1. The van der Waals surface area contributed by atoms with Crippen molar-refractivity contribution in [2.45, 2.75) is 45.1 Å². The Bertz CT molecular complexity index is 1660. The Labute approximate surface area is 241 Å². The van der Waals surface area contributed by atoms with Crippen molar-refractivity contribution in [3.05, 3.63) is 94.7 Å². The second kappa shape index (κ2) is 11.0. The minimum Gasteiger partial charge on any atom is -0.506 e. The first-order valence-corrected chi connectivity index (χ1v) is 12.7. The molecule has 0 saturated heterocycles. The molecule has 0 saturated carbocycles. The van der Waals surface area contributed by atoms with Crippen LogP contribution in [-0.4, -0.2) is 32.7 Å². The van der Waals surface area contributed by atoms with Crippen molar-refractivity contribution >= 4 is 11.6 Å². The van der Waals surface area contributed by atoms with Gasteiger partial charge in [0, 0.05) is 18.7 Å². The number of carbonyl (C=O) groups excluding carboxylic acids is 1. The van der Waals surface area contributed by atoms with E-state index in [1.165, 1.54) is 69.0 Å². The van der Waals surface area contributed by atoms with E-state index in [0.29, 0.717) is 17.7 Å². The van der Waals surface area contributed by atoms with Crippen LogP contribution >= 0.6 is 0 Å². The molecule has 0 radical (unpaired) electrons. The first-order valence-electron chi connectivity index (χ1n) is 12.7. The SMILES string of the molecule is Cc1c(F)cccc1-c1cc(-n2cc(O)cc2CO)ncc1N(C)C(=O)C(C)(C)c1cc(C(F)(F)F)cc(C(F)(F)F)c1. The maximum absolute atomic E-state index is 14.6.